The molecule has 12 heavy (non-hydrogen) atoms. The van der Waals surface area contributed by atoms with Crippen LogP contribution in [0.5, 0.6) is 0 Å². The molecule has 0 fully saturated rings. The van der Waals surface area contributed by atoms with Gasteiger partial charge in [0.25, 0.3) is 0 Å². The first-order valence-electron chi connectivity index (χ1n) is 4.06. The number of hydrogen-bond donors (Lipinski definition) is 1. The van der Waals surface area contributed by atoms with Gasteiger partial charge in [-0.2, -0.15) is 0 Å². The molecule has 0 aromatic heterocycles. The summed E-state index contributed by atoms with van der Waals surface area (Å²) in [6.07, 6.45) is 3.48. The lowest BCUT2D eigenvalue weighted by molar-refractivity contribution is -0.139. The number of ether oxygens (including phenoxy) is 1. The fourth-order valence-corrected chi connectivity index (χ4v) is 0.761. The summed E-state index contributed by atoms with van der Waals surface area (Å²) in [5.41, 5.74) is 1.14. The fraction of sp³-hybridized carbons (Fsp3) is 0.667. The topological polar surface area (TPSA) is 46.5 Å². The predicted octanol–water partition coefficient (Wildman–Crippen LogP) is 1.27. The largest absolute Gasteiger partial charge is 0.462 e. The Morgan fingerprint density at radius 1 is 1.50 bits per heavy atom. The number of carbonyl (C=O) groups excluding carboxylic acids is 1. The van der Waals surface area contributed by atoms with E-state index in [1.807, 2.05) is 13.0 Å². The maximum absolute atomic E-state index is 10.3. The van der Waals surface area contributed by atoms with Gasteiger partial charge >= 0.3 is 5.97 Å². The first-order chi connectivity index (χ1) is 5.66. The molecule has 0 unspecified atom stereocenters. The molecule has 1 N–H and O–H groups in total. The number of hydrogen-bond acceptors (Lipinski definition) is 3. The molecule has 0 aliphatic rings. The molecule has 3 nitrogen and oxygen atoms in total. The van der Waals surface area contributed by atoms with E-state index in [1.165, 1.54) is 6.92 Å². The Morgan fingerprint density at radius 3 is 2.67 bits per heavy atom. The van der Waals surface area contributed by atoms with Crippen LogP contribution in [0, 0.1) is 0 Å². The van der Waals surface area contributed by atoms with Crippen LogP contribution >= 0.6 is 0 Å². The smallest absolute Gasteiger partial charge is 0.302 e. The third-order valence-electron chi connectivity index (χ3n) is 1.45. The zero-order valence-corrected chi connectivity index (χ0v) is 7.67. The monoisotopic (exact) mass is 172 g/mol. The zero-order valence-electron chi connectivity index (χ0n) is 7.67. The minimum atomic E-state index is -0.263. The van der Waals surface area contributed by atoms with Crippen LogP contribution in [0.2, 0.25) is 0 Å². The molecule has 0 bridgehead atoms. The summed E-state index contributed by atoms with van der Waals surface area (Å²) in [4.78, 5) is 10.3. The highest BCUT2D eigenvalue weighted by Crippen LogP contribution is 2.02. The van der Waals surface area contributed by atoms with Gasteiger partial charge < -0.3 is 9.84 Å². The molecule has 70 valence electrons. The number of allylic oxidation sites excluding steroid dienone is 1. The second-order valence-corrected chi connectivity index (χ2v) is 2.68. The highest BCUT2D eigenvalue weighted by molar-refractivity contribution is 5.65. The average Bonchev–Trinajstić information content (AvgIpc) is 2.00. The second-order valence-electron chi connectivity index (χ2n) is 2.68. The molecule has 0 saturated carbocycles. The predicted molar refractivity (Wildman–Crippen MR) is 46.7 cm³/mol. The van der Waals surface area contributed by atoms with Crippen molar-refractivity contribution in [2.45, 2.75) is 26.7 Å². The van der Waals surface area contributed by atoms with Crippen molar-refractivity contribution in [3.63, 3.8) is 0 Å². The average molecular weight is 172 g/mol. The van der Waals surface area contributed by atoms with Crippen LogP contribution in [-0.4, -0.2) is 24.3 Å². The summed E-state index contributed by atoms with van der Waals surface area (Å²) in [5.74, 6) is -0.263. The van der Waals surface area contributed by atoms with E-state index < -0.39 is 0 Å². The molecule has 0 aliphatic heterocycles. The number of rotatable bonds is 5. The SMILES string of the molecule is CC(=O)OCC=C(C)CCCO. The van der Waals surface area contributed by atoms with Gasteiger partial charge in [0.1, 0.15) is 6.61 Å². The van der Waals surface area contributed by atoms with E-state index in [1.54, 1.807) is 0 Å². The van der Waals surface area contributed by atoms with Gasteiger partial charge in [0.15, 0.2) is 0 Å². The lowest BCUT2D eigenvalue weighted by atomic mass is 10.1. The molecular formula is C9H16O3. The van der Waals surface area contributed by atoms with Crippen LogP contribution in [0.15, 0.2) is 11.6 Å². The van der Waals surface area contributed by atoms with Crippen LogP contribution in [0.1, 0.15) is 26.7 Å². The minimum Gasteiger partial charge on any atom is -0.462 e. The van der Waals surface area contributed by atoms with Crippen LogP contribution < -0.4 is 0 Å². The van der Waals surface area contributed by atoms with E-state index in [0.717, 1.165) is 18.4 Å². The van der Waals surface area contributed by atoms with Gasteiger partial charge in [-0.25, -0.2) is 0 Å². The van der Waals surface area contributed by atoms with Gasteiger partial charge in [0.05, 0.1) is 0 Å². The summed E-state index contributed by atoms with van der Waals surface area (Å²) >= 11 is 0. The lowest BCUT2D eigenvalue weighted by Crippen LogP contribution is -1.98. The lowest BCUT2D eigenvalue weighted by Gasteiger charge is -1.99. The van der Waals surface area contributed by atoms with Gasteiger partial charge in [-0.05, 0) is 25.8 Å². The molecule has 3 heteroatoms. The van der Waals surface area contributed by atoms with Crippen molar-refractivity contribution in [3.8, 4) is 0 Å². The molecule has 0 spiro atoms. The maximum Gasteiger partial charge on any atom is 0.302 e. The Labute approximate surface area is 73.0 Å². The second kappa shape index (κ2) is 6.85. The molecule has 0 rings (SSSR count). The van der Waals surface area contributed by atoms with Gasteiger partial charge in [-0.3, -0.25) is 4.79 Å². The van der Waals surface area contributed by atoms with E-state index >= 15 is 0 Å². The first kappa shape index (κ1) is 11.2. The standard InChI is InChI=1S/C9H16O3/c1-8(4-3-6-10)5-7-12-9(2)11/h5,10H,3-4,6-7H2,1-2H3. The fourth-order valence-electron chi connectivity index (χ4n) is 0.761. The van der Waals surface area contributed by atoms with Crippen molar-refractivity contribution < 1.29 is 14.6 Å². The van der Waals surface area contributed by atoms with Crippen LogP contribution in [0.25, 0.3) is 0 Å². The normalized spacial score (nSPS) is 11.4. The first-order valence-corrected chi connectivity index (χ1v) is 4.06. The third kappa shape index (κ3) is 7.28. The zero-order chi connectivity index (χ0) is 9.40. The van der Waals surface area contributed by atoms with Gasteiger partial charge in [0.2, 0.25) is 0 Å². The molecule has 0 aromatic rings. The Kier molecular flexibility index (Phi) is 6.38. The molecule has 0 saturated heterocycles. The molecule has 0 heterocycles. The molecule has 0 radical (unpaired) electrons. The van der Waals surface area contributed by atoms with Gasteiger partial charge in [-0.1, -0.05) is 5.57 Å². The van der Waals surface area contributed by atoms with E-state index in [4.69, 9.17) is 9.84 Å². The van der Waals surface area contributed by atoms with Gasteiger partial charge in [-0.15, -0.1) is 0 Å². The number of aliphatic hydroxyl groups is 1. The highest BCUT2D eigenvalue weighted by atomic mass is 16.5. The molecular weight excluding hydrogens is 156 g/mol. The van der Waals surface area contributed by atoms with Gasteiger partial charge in [0, 0.05) is 13.5 Å². The van der Waals surface area contributed by atoms with Crippen LogP contribution in [0.3, 0.4) is 0 Å². The Balaban J connectivity index is 3.47. The molecule has 0 amide bonds. The Hall–Kier alpha value is -0.830. The van der Waals surface area contributed by atoms with E-state index in [9.17, 15) is 4.79 Å². The molecule has 0 atom stereocenters. The summed E-state index contributed by atoms with van der Waals surface area (Å²) in [5, 5.41) is 8.52. The number of esters is 1. The van der Waals surface area contributed by atoms with Crippen LogP contribution in [0.4, 0.5) is 0 Å². The summed E-state index contributed by atoms with van der Waals surface area (Å²) in [7, 11) is 0. The van der Waals surface area contributed by atoms with E-state index in [2.05, 4.69) is 0 Å². The van der Waals surface area contributed by atoms with Crippen LogP contribution in [-0.2, 0) is 9.53 Å². The van der Waals surface area contributed by atoms with E-state index in [0.29, 0.717) is 6.61 Å². The van der Waals surface area contributed by atoms with Crippen molar-refractivity contribution in [2.75, 3.05) is 13.2 Å². The quantitative estimate of drug-likeness (QED) is 0.501. The maximum atomic E-state index is 10.3. The van der Waals surface area contributed by atoms with Crippen molar-refractivity contribution >= 4 is 5.97 Å². The summed E-state index contributed by atoms with van der Waals surface area (Å²) < 4.78 is 4.71. The van der Waals surface area contributed by atoms with Crippen molar-refractivity contribution in [2.24, 2.45) is 0 Å². The summed E-state index contributed by atoms with van der Waals surface area (Å²) in [6, 6.07) is 0. The minimum absolute atomic E-state index is 0.207. The van der Waals surface area contributed by atoms with Crippen molar-refractivity contribution in [1.29, 1.82) is 0 Å². The van der Waals surface area contributed by atoms with E-state index in [-0.39, 0.29) is 12.6 Å². The number of aliphatic hydroxyl groups excluding tert-OH is 1. The highest BCUT2D eigenvalue weighted by Gasteiger charge is 1.91. The van der Waals surface area contributed by atoms with Crippen molar-refractivity contribution in [3.05, 3.63) is 11.6 Å². The summed E-state index contributed by atoms with van der Waals surface area (Å²) in [6.45, 7) is 3.89. The molecule has 0 aliphatic carbocycles. The number of carbonyl (C=O) groups is 1. The third-order valence-corrected chi connectivity index (χ3v) is 1.45. The Morgan fingerprint density at radius 2 is 2.17 bits per heavy atom. The van der Waals surface area contributed by atoms with Crippen molar-refractivity contribution in [1.82, 2.24) is 0 Å². The Bertz CT molecular complexity index is 161. The molecule has 0 aromatic carbocycles.